The number of ether oxygens (including phenoxy) is 7. The first-order valence-corrected chi connectivity index (χ1v) is 21.0. The second-order valence-electron chi connectivity index (χ2n) is 14.1. The summed E-state index contributed by atoms with van der Waals surface area (Å²) in [7, 11) is 0. The third-order valence-electron chi connectivity index (χ3n) is 9.29. The zero-order valence-electron chi connectivity index (χ0n) is 36.5. The van der Waals surface area contributed by atoms with Crippen molar-refractivity contribution in [3.05, 3.63) is 179 Å². The molecule has 0 unspecified atom stereocenters. The van der Waals surface area contributed by atoms with E-state index in [9.17, 15) is 24.6 Å². The number of aromatic hydroxyl groups is 1. The summed E-state index contributed by atoms with van der Waals surface area (Å²) >= 11 is 0. The number of para-hydroxylation sites is 2. The van der Waals surface area contributed by atoms with Crippen LogP contribution in [0.5, 0.6) is 34.5 Å². The predicted octanol–water partition coefficient (Wildman–Crippen LogP) is 8.47. The molecule has 6 rings (SSSR count). The first kappa shape index (κ1) is 50.1. The van der Waals surface area contributed by atoms with Gasteiger partial charge in [0.2, 0.25) is 0 Å². The number of aromatic carboxylic acids is 2. The van der Waals surface area contributed by atoms with Gasteiger partial charge in [0.15, 0.2) is 5.75 Å². The van der Waals surface area contributed by atoms with Crippen molar-refractivity contribution >= 4 is 17.9 Å². The van der Waals surface area contributed by atoms with E-state index in [-0.39, 0.29) is 41.4 Å². The third kappa shape index (κ3) is 18.3. The van der Waals surface area contributed by atoms with Gasteiger partial charge in [-0.25, -0.2) is 14.4 Å². The minimum absolute atomic E-state index is 0.0838. The molecular weight excluding hydrogens is 865 g/mol. The average molecular weight is 915 g/mol. The zero-order chi connectivity index (χ0) is 47.5. The SMILES string of the molecule is C#COc1ccc(C(=O)O)c(C(=O)Oc2ccc(CCOCCOCCOCCc3ccc(OOCc4cc(OCCOc5ccccc5)ccc4C(=O)O)cc3)cc2)c1.Oc1ccccc1. The first-order chi connectivity index (χ1) is 32.7. The Morgan fingerprint density at radius 1 is 0.493 bits per heavy atom. The van der Waals surface area contributed by atoms with Gasteiger partial charge in [-0.3, -0.25) is 0 Å². The maximum Gasteiger partial charge on any atom is 0.344 e. The molecule has 0 aliphatic rings. The molecule has 0 saturated carbocycles. The summed E-state index contributed by atoms with van der Waals surface area (Å²) in [6, 6.07) is 40.7. The van der Waals surface area contributed by atoms with E-state index in [1.54, 1.807) is 72.8 Å². The Labute approximate surface area is 387 Å². The number of carboxylic acids is 2. The number of carboxylic acid groups (broad SMARTS) is 2. The molecule has 15 heteroatoms. The summed E-state index contributed by atoms with van der Waals surface area (Å²) in [5.74, 6) is -0.834. The number of terminal acetylenes is 1. The van der Waals surface area contributed by atoms with Crippen molar-refractivity contribution in [1.82, 2.24) is 0 Å². The lowest BCUT2D eigenvalue weighted by Gasteiger charge is -2.12. The van der Waals surface area contributed by atoms with E-state index in [1.807, 2.05) is 54.6 Å². The van der Waals surface area contributed by atoms with Crippen LogP contribution in [-0.2, 0) is 38.5 Å². The number of hydrogen-bond acceptors (Lipinski definition) is 13. The van der Waals surface area contributed by atoms with E-state index < -0.39 is 17.9 Å². The third-order valence-corrected chi connectivity index (χ3v) is 9.29. The van der Waals surface area contributed by atoms with Gasteiger partial charge in [0.05, 0.1) is 56.3 Å². The molecule has 6 aromatic carbocycles. The Hall–Kier alpha value is -7.87. The van der Waals surface area contributed by atoms with Gasteiger partial charge in [-0.15, -0.1) is 0 Å². The molecule has 0 atom stereocenters. The van der Waals surface area contributed by atoms with Crippen molar-refractivity contribution in [3.63, 3.8) is 0 Å². The van der Waals surface area contributed by atoms with Crippen LogP contribution in [-0.4, -0.2) is 86.1 Å². The van der Waals surface area contributed by atoms with E-state index >= 15 is 0 Å². The highest BCUT2D eigenvalue weighted by Gasteiger charge is 2.20. The van der Waals surface area contributed by atoms with Gasteiger partial charge in [0.1, 0.15) is 54.7 Å². The van der Waals surface area contributed by atoms with Gasteiger partial charge in [-0.2, -0.15) is 4.89 Å². The monoisotopic (exact) mass is 914 g/mol. The number of phenols is 1. The van der Waals surface area contributed by atoms with Crippen LogP contribution >= 0.6 is 0 Å². The fourth-order valence-corrected chi connectivity index (χ4v) is 5.94. The molecule has 0 aliphatic carbocycles. The maximum absolute atomic E-state index is 12.7. The van der Waals surface area contributed by atoms with Crippen molar-refractivity contribution in [2.45, 2.75) is 19.4 Å². The lowest BCUT2D eigenvalue weighted by atomic mass is 10.1. The molecule has 348 valence electrons. The van der Waals surface area contributed by atoms with Gasteiger partial charge in [0.25, 0.3) is 0 Å². The standard InChI is InChI=1S/C46H44O14.C6H6O/c1-2-55-40-17-19-42(45(49)50)43(31-40)46(51)59-37-12-8-33(9-13-37)20-22-52-24-26-54-27-25-53-23-21-34-10-14-38(15-11-34)60-58-32-35-30-39(16-18-41(35)44(47)48)57-29-28-56-36-6-4-3-5-7-36;7-6-4-2-1-3-5-6/h1,3-19,30-31H,20-29,32H2,(H,47,48)(H,49,50);1-5,7H. The second-order valence-corrected chi connectivity index (χ2v) is 14.1. The van der Waals surface area contributed by atoms with E-state index in [4.69, 9.17) is 54.5 Å². The van der Waals surface area contributed by atoms with Gasteiger partial charge >= 0.3 is 17.9 Å². The van der Waals surface area contributed by atoms with Crippen molar-refractivity contribution in [1.29, 1.82) is 0 Å². The summed E-state index contributed by atoms with van der Waals surface area (Å²) in [4.78, 5) is 46.8. The average Bonchev–Trinajstić information content (AvgIpc) is 3.34. The highest BCUT2D eigenvalue weighted by atomic mass is 17.2. The Kier molecular flexibility index (Phi) is 21.0. The van der Waals surface area contributed by atoms with E-state index in [0.29, 0.717) is 81.9 Å². The molecular formula is C52H50O15. The Balaban J connectivity index is 0.00000110. The Morgan fingerprint density at radius 3 is 1.55 bits per heavy atom. The van der Waals surface area contributed by atoms with Gasteiger partial charge in [-0.1, -0.05) is 67.1 Å². The summed E-state index contributed by atoms with van der Waals surface area (Å²) in [6.45, 7) is 3.13. The van der Waals surface area contributed by atoms with Gasteiger partial charge in [0, 0.05) is 5.56 Å². The summed E-state index contributed by atoms with van der Waals surface area (Å²) < 4.78 is 38.6. The maximum atomic E-state index is 12.7. The van der Waals surface area contributed by atoms with Crippen LogP contribution in [0.25, 0.3) is 0 Å². The molecule has 3 N–H and O–H groups in total. The highest BCUT2D eigenvalue weighted by Crippen LogP contribution is 2.23. The first-order valence-electron chi connectivity index (χ1n) is 21.0. The number of rotatable bonds is 26. The molecule has 0 aromatic heterocycles. The number of carbonyl (C=O) groups is 3. The lowest BCUT2D eigenvalue weighted by molar-refractivity contribution is -0.217. The summed E-state index contributed by atoms with van der Waals surface area (Å²) in [5.41, 5.74) is 2.05. The van der Waals surface area contributed by atoms with Crippen LogP contribution in [0.4, 0.5) is 0 Å². The molecule has 0 heterocycles. The molecule has 0 fully saturated rings. The fraction of sp³-hybridized carbons (Fsp3) is 0.212. The number of benzene rings is 6. The van der Waals surface area contributed by atoms with Crippen LogP contribution in [0.2, 0.25) is 0 Å². The van der Waals surface area contributed by atoms with Gasteiger partial charge < -0.3 is 53.4 Å². The molecule has 15 nitrogen and oxygen atoms in total. The number of phenolic OH excluding ortho intramolecular Hbond substituents is 1. The Morgan fingerprint density at radius 2 is 1.00 bits per heavy atom. The molecule has 0 radical (unpaired) electrons. The molecule has 0 amide bonds. The smallest absolute Gasteiger partial charge is 0.344 e. The highest BCUT2D eigenvalue weighted by molar-refractivity contribution is 6.03. The minimum atomic E-state index is -1.29. The Bertz CT molecular complexity index is 2470. The quantitative estimate of drug-likeness (QED) is 0.0117. The molecule has 0 aliphatic heterocycles. The largest absolute Gasteiger partial charge is 0.508 e. The van der Waals surface area contributed by atoms with E-state index in [0.717, 1.165) is 16.9 Å². The zero-order valence-corrected chi connectivity index (χ0v) is 36.5. The lowest BCUT2D eigenvalue weighted by Crippen LogP contribution is -2.14. The van der Waals surface area contributed by atoms with Crippen LogP contribution in [0.3, 0.4) is 0 Å². The molecule has 0 spiro atoms. The van der Waals surface area contributed by atoms with Crippen molar-refractivity contribution in [3.8, 4) is 47.0 Å². The van der Waals surface area contributed by atoms with E-state index in [1.165, 1.54) is 24.3 Å². The van der Waals surface area contributed by atoms with Crippen molar-refractivity contribution in [2.75, 3.05) is 52.9 Å². The van der Waals surface area contributed by atoms with Crippen molar-refractivity contribution < 1.29 is 72.6 Å². The number of esters is 1. The fourth-order valence-electron chi connectivity index (χ4n) is 5.94. The molecule has 0 bridgehead atoms. The second kappa shape index (κ2) is 28.1. The van der Waals surface area contributed by atoms with Crippen LogP contribution < -0.4 is 23.8 Å². The van der Waals surface area contributed by atoms with Crippen LogP contribution in [0.1, 0.15) is 47.8 Å². The van der Waals surface area contributed by atoms with Crippen molar-refractivity contribution in [2.24, 2.45) is 0 Å². The normalized spacial score (nSPS) is 10.4. The van der Waals surface area contributed by atoms with Crippen LogP contribution in [0, 0.1) is 12.5 Å². The number of hydrogen-bond donors (Lipinski definition) is 3. The minimum Gasteiger partial charge on any atom is -0.508 e. The van der Waals surface area contributed by atoms with Crippen LogP contribution in [0.15, 0.2) is 146 Å². The molecule has 6 aromatic rings. The topological polar surface area (TPSA) is 195 Å². The van der Waals surface area contributed by atoms with Gasteiger partial charge in [-0.05, 0) is 109 Å². The summed E-state index contributed by atoms with van der Waals surface area (Å²) in [5, 5.41) is 27.7. The molecule has 67 heavy (non-hydrogen) atoms. The predicted molar refractivity (Wildman–Crippen MR) is 245 cm³/mol. The number of carbonyl (C=O) groups excluding carboxylic acids is 1. The molecule has 0 saturated heterocycles. The van der Waals surface area contributed by atoms with E-state index in [2.05, 4.69) is 0 Å². The summed E-state index contributed by atoms with van der Waals surface area (Å²) in [6.07, 6.45) is 8.41.